The van der Waals surface area contributed by atoms with Crippen LogP contribution in [0.15, 0.2) is 17.2 Å². The molecule has 3 heterocycles. The van der Waals surface area contributed by atoms with Crippen molar-refractivity contribution in [3.63, 3.8) is 0 Å². The summed E-state index contributed by atoms with van der Waals surface area (Å²) in [4.78, 5) is 37.9. The third kappa shape index (κ3) is 3.54. The monoisotopic (exact) mass is 361 g/mol. The van der Waals surface area contributed by atoms with E-state index in [1.54, 1.807) is 11.5 Å². The molecule has 9 nitrogen and oxygen atoms in total. The summed E-state index contributed by atoms with van der Waals surface area (Å²) in [6.07, 6.45) is 2.86. The molecule has 0 bridgehead atoms. The number of anilines is 1. The van der Waals surface area contributed by atoms with Crippen molar-refractivity contribution in [3.8, 4) is 0 Å². The second-order valence-electron chi connectivity index (χ2n) is 6.21. The van der Waals surface area contributed by atoms with Gasteiger partial charge in [-0.2, -0.15) is 4.98 Å². The number of esters is 1. The van der Waals surface area contributed by atoms with Crippen LogP contribution in [0.2, 0.25) is 0 Å². The molecule has 26 heavy (non-hydrogen) atoms. The molecule has 0 radical (unpaired) electrons. The second-order valence-corrected chi connectivity index (χ2v) is 6.21. The van der Waals surface area contributed by atoms with Crippen molar-refractivity contribution < 1.29 is 14.6 Å². The van der Waals surface area contributed by atoms with Gasteiger partial charge < -0.3 is 24.2 Å². The lowest BCUT2D eigenvalue weighted by Gasteiger charge is -2.32. The van der Waals surface area contributed by atoms with E-state index < -0.39 is 11.4 Å². The number of aromatic nitrogens is 3. The molecule has 1 fully saturated rings. The summed E-state index contributed by atoms with van der Waals surface area (Å²) in [5.41, 5.74) is -0.137. The zero-order valence-corrected chi connectivity index (χ0v) is 15.0. The molecule has 0 spiro atoms. The van der Waals surface area contributed by atoms with E-state index in [0.29, 0.717) is 11.6 Å². The van der Waals surface area contributed by atoms with Gasteiger partial charge in [0.1, 0.15) is 11.2 Å². The molecule has 0 amide bonds. The molecule has 9 heteroatoms. The van der Waals surface area contributed by atoms with E-state index in [2.05, 4.69) is 26.8 Å². The zero-order valence-electron chi connectivity index (χ0n) is 15.0. The van der Waals surface area contributed by atoms with Crippen molar-refractivity contribution in [1.82, 2.24) is 19.4 Å². The van der Waals surface area contributed by atoms with Gasteiger partial charge in [-0.05, 0) is 14.0 Å². The zero-order chi connectivity index (χ0) is 18.7. The van der Waals surface area contributed by atoms with Crippen LogP contribution in [-0.4, -0.2) is 77.0 Å². The van der Waals surface area contributed by atoms with E-state index in [-0.39, 0.29) is 30.7 Å². The van der Waals surface area contributed by atoms with Gasteiger partial charge in [0.15, 0.2) is 0 Å². The molecular weight excluding hydrogens is 338 g/mol. The highest BCUT2D eigenvalue weighted by atomic mass is 16.5. The van der Waals surface area contributed by atoms with Gasteiger partial charge in [-0.15, -0.1) is 0 Å². The van der Waals surface area contributed by atoms with Crippen LogP contribution >= 0.6 is 0 Å². The smallest absolute Gasteiger partial charge is 0.343 e. The average Bonchev–Trinajstić information content (AvgIpc) is 2.64. The van der Waals surface area contributed by atoms with Gasteiger partial charge in [-0.1, -0.05) is 0 Å². The third-order valence-electron chi connectivity index (χ3n) is 4.42. The number of aliphatic hydroxyl groups excluding tert-OH is 1. The fraction of sp³-hybridized carbons (Fsp3) is 0.529. The Morgan fingerprint density at radius 2 is 2.04 bits per heavy atom. The molecule has 0 unspecified atom stereocenters. The quantitative estimate of drug-likeness (QED) is 0.725. The van der Waals surface area contributed by atoms with Crippen molar-refractivity contribution in [2.75, 3.05) is 51.3 Å². The summed E-state index contributed by atoms with van der Waals surface area (Å²) < 4.78 is 6.55. The van der Waals surface area contributed by atoms with E-state index >= 15 is 0 Å². The van der Waals surface area contributed by atoms with E-state index in [0.717, 1.165) is 26.2 Å². The van der Waals surface area contributed by atoms with Gasteiger partial charge in [-0.25, -0.2) is 9.78 Å². The van der Waals surface area contributed by atoms with E-state index in [1.807, 2.05) is 0 Å². The van der Waals surface area contributed by atoms with E-state index in [1.165, 1.54) is 12.4 Å². The van der Waals surface area contributed by atoms with Gasteiger partial charge in [-0.3, -0.25) is 4.79 Å². The largest absolute Gasteiger partial charge is 0.462 e. The minimum Gasteiger partial charge on any atom is -0.462 e. The first-order chi connectivity index (χ1) is 12.5. The summed E-state index contributed by atoms with van der Waals surface area (Å²) in [7, 11) is 2.06. The number of fused-ring (bicyclic) bond motifs is 1. The SMILES string of the molecule is CCOC(=O)c1cn(CCO)c2nc(N3CCN(C)CC3)ncc2c1=O. The van der Waals surface area contributed by atoms with Gasteiger partial charge in [0.2, 0.25) is 11.4 Å². The number of carbonyl (C=O) groups is 1. The van der Waals surface area contributed by atoms with Gasteiger partial charge in [0.05, 0.1) is 18.6 Å². The first-order valence-electron chi connectivity index (χ1n) is 8.66. The molecule has 1 aliphatic heterocycles. The van der Waals surface area contributed by atoms with Crippen molar-refractivity contribution in [2.45, 2.75) is 13.5 Å². The summed E-state index contributed by atoms with van der Waals surface area (Å²) in [6.45, 7) is 5.34. The summed E-state index contributed by atoms with van der Waals surface area (Å²) in [5, 5.41) is 9.59. The summed E-state index contributed by atoms with van der Waals surface area (Å²) in [5.74, 6) is -0.144. The van der Waals surface area contributed by atoms with Crippen molar-refractivity contribution >= 4 is 23.0 Å². The third-order valence-corrected chi connectivity index (χ3v) is 4.42. The van der Waals surface area contributed by atoms with Crippen LogP contribution in [0.3, 0.4) is 0 Å². The molecule has 1 saturated heterocycles. The Labute approximate surface area is 150 Å². The van der Waals surface area contributed by atoms with Crippen molar-refractivity contribution in [3.05, 3.63) is 28.2 Å². The maximum Gasteiger partial charge on any atom is 0.343 e. The number of aliphatic hydroxyl groups is 1. The predicted molar refractivity (Wildman–Crippen MR) is 96.6 cm³/mol. The fourth-order valence-corrected chi connectivity index (χ4v) is 2.95. The molecular formula is C17H23N5O4. The Hall–Kier alpha value is -2.52. The lowest BCUT2D eigenvalue weighted by molar-refractivity contribution is 0.0524. The van der Waals surface area contributed by atoms with Crippen LogP contribution < -0.4 is 10.3 Å². The van der Waals surface area contributed by atoms with Gasteiger partial charge in [0.25, 0.3) is 0 Å². The highest BCUT2D eigenvalue weighted by Crippen LogP contribution is 2.16. The molecule has 1 aliphatic rings. The number of ether oxygens (including phenoxy) is 1. The maximum atomic E-state index is 12.7. The van der Waals surface area contributed by atoms with Crippen LogP contribution in [-0.2, 0) is 11.3 Å². The maximum absolute atomic E-state index is 12.7. The van der Waals surface area contributed by atoms with Crippen LogP contribution in [0.4, 0.5) is 5.95 Å². The number of likely N-dealkylation sites (N-methyl/N-ethyl adjacent to an activating group) is 1. The Bertz CT molecular complexity index is 858. The number of hydrogen-bond donors (Lipinski definition) is 1. The van der Waals surface area contributed by atoms with Crippen molar-refractivity contribution in [2.24, 2.45) is 0 Å². The number of hydrogen-bond acceptors (Lipinski definition) is 8. The fourth-order valence-electron chi connectivity index (χ4n) is 2.95. The Kier molecular flexibility index (Phi) is 5.48. The molecule has 2 aromatic heterocycles. The Morgan fingerprint density at radius 3 is 2.69 bits per heavy atom. The van der Waals surface area contributed by atoms with Crippen LogP contribution in [0, 0.1) is 0 Å². The Balaban J connectivity index is 2.07. The molecule has 2 aromatic rings. The van der Waals surface area contributed by atoms with Crippen molar-refractivity contribution in [1.29, 1.82) is 0 Å². The van der Waals surface area contributed by atoms with E-state index in [9.17, 15) is 14.7 Å². The molecule has 0 aliphatic carbocycles. The highest BCUT2D eigenvalue weighted by Gasteiger charge is 2.21. The number of pyridine rings is 1. The van der Waals surface area contributed by atoms with Crippen LogP contribution in [0.1, 0.15) is 17.3 Å². The summed E-state index contributed by atoms with van der Waals surface area (Å²) >= 11 is 0. The molecule has 0 atom stereocenters. The van der Waals surface area contributed by atoms with Crippen LogP contribution in [0.25, 0.3) is 11.0 Å². The first-order valence-corrected chi connectivity index (χ1v) is 8.66. The molecule has 0 aromatic carbocycles. The van der Waals surface area contributed by atoms with E-state index in [4.69, 9.17) is 4.74 Å². The van der Waals surface area contributed by atoms with Gasteiger partial charge >= 0.3 is 5.97 Å². The molecule has 3 rings (SSSR count). The number of rotatable bonds is 5. The standard InChI is InChI=1S/C17H23N5O4/c1-3-26-16(25)13-11-22(8-9-23)15-12(14(13)24)10-18-17(19-15)21-6-4-20(2)5-7-21/h10-11,23H,3-9H2,1-2H3. The first kappa shape index (κ1) is 18.3. The molecule has 0 saturated carbocycles. The number of carbonyl (C=O) groups excluding carboxylic acids is 1. The Morgan fingerprint density at radius 1 is 1.31 bits per heavy atom. The number of piperazine rings is 1. The highest BCUT2D eigenvalue weighted by molar-refractivity contribution is 5.93. The average molecular weight is 361 g/mol. The lowest BCUT2D eigenvalue weighted by Crippen LogP contribution is -2.45. The number of nitrogens with zero attached hydrogens (tertiary/aromatic N) is 5. The minimum atomic E-state index is -0.686. The molecule has 1 N–H and O–H groups in total. The molecule has 140 valence electrons. The lowest BCUT2D eigenvalue weighted by atomic mass is 10.2. The minimum absolute atomic E-state index is 0.0799. The predicted octanol–water partition coefficient (Wildman–Crippen LogP) is -0.288. The summed E-state index contributed by atoms with van der Waals surface area (Å²) in [6, 6.07) is 0. The topological polar surface area (TPSA) is 101 Å². The normalized spacial score (nSPS) is 15.4. The second kappa shape index (κ2) is 7.79. The van der Waals surface area contributed by atoms with Crippen LogP contribution in [0.5, 0.6) is 0 Å². The van der Waals surface area contributed by atoms with Gasteiger partial charge in [0, 0.05) is 45.1 Å².